The zero-order chi connectivity index (χ0) is 12.8. The van der Waals surface area contributed by atoms with Gasteiger partial charge in [-0.1, -0.05) is 18.5 Å². The van der Waals surface area contributed by atoms with Crippen molar-refractivity contribution in [1.29, 1.82) is 0 Å². The van der Waals surface area contributed by atoms with E-state index in [2.05, 4.69) is 21.8 Å². The van der Waals surface area contributed by atoms with E-state index >= 15 is 0 Å². The second kappa shape index (κ2) is 4.35. The number of hydrogen-bond donors (Lipinski definition) is 0. The lowest BCUT2D eigenvalue weighted by Crippen LogP contribution is -2.50. The summed E-state index contributed by atoms with van der Waals surface area (Å²) in [7, 11) is 0. The molecular formula is C13H18ClN3O. The minimum atomic E-state index is 0.381. The molecule has 0 aromatic carbocycles. The molecule has 1 aliphatic carbocycles. The zero-order valence-electron chi connectivity index (χ0n) is 10.8. The molecule has 1 aliphatic heterocycles. The third-order valence-corrected chi connectivity index (χ3v) is 4.25. The molecule has 0 spiro atoms. The van der Waals surface area contributed by atoms with Gasteiger partial charge in [0.2, 0.25) is 0 Å². The molecule has 1 saturated carbocycles. The molecule has 3 rings (SSSR count). The van der Waals surface area contributed by atoms with Crippen LogP contribution in [0.5, 0.6) is 0 Å². The summed E-state index contributed by atoms with van der Waals surface area (Å²) in [5.74, 6) is 1.66. The van der Waals surface area contributed by atoms with Crippen molar-refractivity contribution in [2.75, 3.05) is 24.7 Å². The van der Waals surface area contributed by atoms with Crippen molar-refractivity contribution in [2.45, 2.75) is 32.7 Å². The van der Waals surface area contributed by atoms with Crippen molar-refractivity contribution in [3.05, 3.63) is 17.0 Å². The summed E-state index contributed by atoms with van der Waals surface area (Å²) in [6.45, 7) is 6.64. The zero-order valence-corrected chi connectivity index (χ0v) is 11.6. The summed E-state index contributed by atoms with van der Waals surface area (Å²) in [6.07, 6.45) is 2.55. The largest absolute Gasteiger partial charge is 0.377 e. The molecule has 0 amide bonds. The Bertz CT molecular complexity index is 441. The summed E-state index contributed by atoms with van der Waals surface area (Å²) < 4.78 is 5.64. The van der Waals surface area contributed by atoms with Gasteiger partial charge >= 0.3 is 0 Å². The van der Waals surface area contributed by atoms with Gasteiger partial charge in [-0.15, -0.1) is 0 Å². The van der Waals surface area contributed by atoms with Crippen LogP contribution in [0.3, 0.4) is 0 Å². The van der Waals surface area contributed by atoms with Crippen LogP contribution in [0.1, 0.15) is 25.6 Å². The molecule has 2 aliphatic rings. The van der Waals surface area contributed by atoms with Gasteiger partial charge in [0.15, 0.2) is 0 Å². The van der Waals surface area contributed by atoms with E-state index in [-0.39, 0.29) is 0 Å². The normalized spacial score (nSPS) is 26.2. The van der Waals surface area contributed by atoms with E-state index in [9.17, 15) is 0 Å². The van der Waals surface area contributed by atoms with Crippen molar-refractivity contribution in [1.82, 2.24) is 9.97 Å². The first-order chi connectivity index (χ1) is 8.58. The van der Waals surface area contributed by atoms with E-state index in [4.69, 9.17) is 16.3 Å². The monoisotopic (exact) mass is 267 g/mol. The third-order valence-electron chi connectivity index (χ3n) is 4.06. The molecule has 18 heavy (non-hydrogen) atoms. The quantitative estimate of drug-likeness (QED) is 0.772. The highest BCUT2D eigenvalue weighted by molar-refractivity contribution is 6.29. The molecular weight excluding hydrogens is 250 g/mol. The highest BCUT2D eigenvalue weighted by Gasteiger charge is 2.48. The van der Waals surface area contributed by atoms with Gasteiger partial charge in [-0.05, 0) is 25.2 Å². The maximum Gasteiger partial charge on any atom is 0.134 e. The van der Waals surface area contributed by atoms with Crippen molar-refractivity contribution < 1.29 is 4.74 Å². The van der Waals surface area contributed by atoms with Crippen LogP contribution in [0, 0.1) is 12.3 Å². The van der Waals surface area contributed by atoms with Gasteiger partial charge in [0, 0.05) is 12.6 Å². The minimum Gasteiger partial charge on any atom is -0.377 e. The summed E-state index contributed by atoms with van der Waals surface area (Å²) in [5.41, 5.74) is 0.381. The molecule has 1 atom stereocenters. The number of halogens is 1. The fraction of sp³-hybridized carbons (Fsp3) is 0.692. The maximum atomic E-state index is 6.04. The van der Waals surface area contributed by atoms with Crippen molar-refractivity contribution in [2.24, 2.45) is 5.41 Å². The molecule has 1 unspecified atom stereocenters. The first kappa shape index (κ1) is 12.2. The number of rotatable bonds is 2. The Morgan fingerprint density at radius 2 is 2.22 bits per heavy atom. The molecule has 2 fully saturated rings. The first-order valence-corrected chi connectivity index (χ1v) is 6.82. The van der Waals surface area contributed by atoms with Crippen LogP contribution in [-0.4, -0.2) is 35.8 Å². The first-order valence-electron chi connectivity index (χ1n) is 6.44. The van der Waals surface area contributed by atoms with Crippen LogP contribution in [0.4, 0.5) is 5.82 Å². The van der Waals surface area contributed by atoms with E-state index in [1.807, 2.05) is 13.0 Å². The molecule has 98 valence electrons. The number of anilines is 1. The molecule has 4 nitrogen and oxygen atoms in total. The second-order valence-corrected chi connectivity index (χ2v) is 5.92. The lowest BCUT2D eigenvalue weighted by atomic mass is 9.97. The fourth-order valence-corrected chi connectivity index (χ4v) is 2.87. The summed E-state index contributed by atoms with van der Waals surface area (Å²) in [5, 5.41) is 0.517. The van der Waals surface area contributed by atoms with E-state index in [1.165, 1.54) is 12.8 Å². The number of aryl methyl sites for hydroxylation is 1. The van der Waals surface area contributed by atoms with Gasteiger partial charge in [0.1, 0.15) is 16.8 Å². The summed E-state index contributed by atoms with van der Waals surface area (Å²) >= 11 is 6.04. The molecule has 5 heteroatoms. The SMILES string of the molecule is Cc1nc(Cl)cc(N2CCOCC2C2(C)CC2)n1. The van der Waals surface area contributed by atoms with Gasteiger partial charge < -0.3 is 9.64 Å². The van der Waals surface area contributed by atoms with E-state index in [0.717, 1.165) is 31.4 Å². The number of hydrogen-bond acceptors (Lipinski definition) is 4. The standard InChI is InChI=1S/C13H18ClN3O/c1-9-15-11(14)7-12(16-9)17-5-6-18-8-10(17)13(2)3-4-13/h7,10H,3-6,8H2,1-2H3. The van der Waals surface area contributed by atoms with Gasteiger partial charge in [0.25, 0.3) is 0 Å². The average molecular weight is 268 g/mol. The Balaban J connectivity index is 1.92. The smallest absolute Gasteiger partial charge is 0.134 e. The Kier molecular flexibility index (Phi) is 2.94. The highest BCUT2D eigenvalue weighted by Crippen LogP contribution is 2.51. The van der Waals surface area contributed by atoms with Gasteiger partial charge in [-0.3, -0.25) is 0 Å². The molecule has 0 radical (unpaired) electrons. The Morgan fingerprint density at radius 3 is 2.89 bits per heavy atom. The lowest BCUT2D eigenvalue weighted by Gasteiger charge is -2.40. The van der Waals surface area contributed by atoms with Crippen LogP contribution < -0.4 is 4.90 Å². The molecule has 0 bridgehead atoms. The van der Waals surface area contributed by atoms with Crippen molar-refractivity contribution >= 4 is 17.4 Å². The Morgan fingerprint density at radius 1 is 1.44 bits per heavy atom. The molecule has 2 heterocycles. The number of aromatic nitrogens is 2. The maximum absolute atomic E-state index is 6.04. The van der Waals surface area contributed by atoms with Crippen LogP contribution in [0.25, 0.3) is 0 Å². The molecule has 1 aromatic heterocycles. The van der Waals surface area contributed by atoms with E-state index < -0.39 is 0 Å². The Hall–Kier alpha value is -0.870. The van der Waals surface area contributed by atoms with Gasteiger partial charge in [-0.2, -0.15) is 0 Å². The predicted octanol–water partition coefficient (Wildman–Crippen LogP) is 2.44. The minimum absolute atomic E-state index is 0.381. The fourth-order valence-electron chi connectivity index (χ4n) is 2.65. The topological polar surface area (TPSA) is 38.2 Å². The number of morpholine rings is 1. The second-order valence-electron chi connectivity index (χ2n) is 5.53. The summed E-state index contributed by atoms with van der Waals surface area (Å²) in [6, 6.07) is 2.27. The molecule has 1 saturated heterocycles. The van der Waals surface area contributed by atoms with Crippen molar-refractivity contribution in [3.8, 4) is 0 Å². The molecule has 1 aromatic rings. The number of nitrogens with zero attached hydrogens (tertiary/aromatic N) is 3. The van der Waals surface area contributed by atoms with E-state index in [0.29, 0.717) is 16.6 Å². The van der Waals surface area contributed by atoms with Crippen LogP contribution in [0.2, 0.25) is 5.15 Å². The molecule has 0 N–H and O–H groups in total. The van der Waals surface area contributed by atoms with E-state index in [1.54, 1.807) is 0 Å². The van der Waals surface area contributed by atoms with Crippen LogP contribution in [0.15, 0.2) is 6.07 Å². The van der Waals surface area contributed by atoms with Crippen LogP contribution >= 0.6 is 11.6 Å². The lowest BCUT2D eigenvalue weighted by molar-refractivity contribution is 0.0730. The number of ether oxygens (including phenoxy) is 1. The average Bonchev–Trinajstić information content (AvgIpc) is 3.07. The van der Waals surface area contributed by atoms with Crippen LogP contribution in [-0.2, 0) is 4.74 Å². The van der Waals surface area contributed by atoms with Gasteiger partial charge in [0.05, 0.1) is 19.3 Å². The van der Waals surface area contributed by atoms with Crippen molar-refractivity contribution in [3.63, 3.8) is 0 Å². The predicted molar refractivity (Wildman–Crippen MR) is 71.1 cm³/mol. The third kappa shape index (κ3) is 2.19. The summed E-state index contributed by atoms with van der Waals surface area (Å²) in [4.78, 5) is 11.0. The Labute approximate surface area is 112 Å². The van der Waals surface area contributed by atoms with Gasteiger partial charge in [-0.25, -0.2) is 9.97 Å². The highest BCUT2D eigenvalue weighted by atomic mass is 35.5.